The Hall–Kier alpha value is -0.740. The SMILES string of the molecule is CC/C=C\CCO[C@@H]1O[C@H](COO[C@@H]2O[C@H](CO)[C@@H](O)[C@H](O)[C@H]2O)[C@@H](O)[C@H](O)[C@H]1O. The fourth-order valence-corrected chi connectivity index (χ4v) is 3.05. The summed E-state index contributed by atoms with van der Waals surface area (Å²) in [5.41, 5.74) is 0. The summed E-state index contributed by atoms with van der Waals surface area (Å²) in [6.45, 7) is 1.12. The maximum Gasteiger partial charge on any atom is 0.220 e. The van der Waals surface area contributed by atoms with E-state index in [2.05, 4.69) is 0 Å². The summed E-state index contributed by atoms with van der Waals surface area (Å²) in [6, 6.07) is 0. The predicted octanol–water partition coefficient (Wildman–Crippen LogP) is -3.08. The predicted molar refractivity (Wildman–Crippen MR) is 97.5 cm³/mol. The molecule has 0 bridgehead atoms. The summed E-state index contributed by atoms with van der Waals surface area (Å²) in [5, 5.41) is 68.6. The van der Waals surface area contributed by atoms with E-state index in [0.29, 0.717) is 6.42 Å². The molecule has 0 spiro atoms. The number of aliphatic hydroxyl groups excluding tert-OH is 7. The van der Waals surface area contributed by atoms with Crippen LogP contribution in [0.1, 0.15) is 19.8 Å². The minimum atomic E-state index is -1.67. The average Bonchev–Trinajstić information content (AvgIpc) is 2.74. The van der Waals surface area contributed by atoms with E-state index in [0.717, 1.165) is 6.42 Å². The van der Waals surface area contributed by atoms with E-state index in [4.69, 9.17) is 29.1 Å². The highest BCUT2D eigenvalue weighted by Gasteiger charge is 2.46. The molecule has 176 valence electrons. The molecular weight excluding hydrogens is 408 g/mol. The Labute approximate surface area is 173 Å². The molecule has 2 rings (SSSR count). The molecule has 7 N–H and O–H groups in total. The van der Waals surface area contributed by atoms with Crippen molar-refractivity contribution in [1.29, 1.82) is 0 Å². The van der Waals surface area contributed by atoms with Gasteiger partial charge < -0.3 is 50.0 Å². The number of allylic oxidation sites excluding steroid dienone is 1. The number of ether oxygens (including phenoxy) is 3. The maximum atomic E-state index is 10.1. The van der Waals surface area contributed by atoms with Gasteiger partial charge in [-0.2, -0.15) is 0 Å². The zero-order valence-electron chi connectivity index (χ0n) is 16.6. The largest absolute Gasteiger partial charge is 0.394 e. The van der Waals surface area contributed by atoms with Gasteiger partial charge in [-0.25, -0.2) is 9.78 Å². The molecule has 0 unspecified atom stereocenters. The van der Waals surface area contributed by atoms with Crippen LogP contribution in [0.3, 0.4) is 0 Å². The van der Waals surface area contributed by atoms with E-state index in [1.54, 1.807) is 0 Å². The topological polar surface area (TPSA) is 188 Å². The van der Waals surface area contributed by atoms with Crippen molar-refractivity contribution in [3.63, 3.8) is 0 Å². The summed E-state index contributed by atoms with van der Waals surface area (Å²) in [6.07, 6.45) is -9.17. The van der Waals surface area contributed by atoms with Crippen LogP contribution in [0.2, 0.25) is 0 Å². The quantitative estimate of drug-likeness (QED) is 0.0786. The highest BCUT2D eigenvalue weighted by Crippen LogP contribution is 2.25. The highest BCUT2D eigenvalue weighted by atomic mass is 17.2. The number of aliphatic hydroxyl groups is 7. The van der Waals surface area contributed by atoms with Crippen LogP contribution >= 0.6 is 0 Å². The van der Waals surface area contributed by atoms with Gasteiger partial charge in [0, 0.05) is 0 Å². The van der Waals surface area contributed by atoms with Gasteiger partial charge >= 0.3 is 0 Å². The highest BCUT2D eigenvalue weighted by molar-refractivity contribution is 4.90. The fraction of sp³-hybridized carbons (Fsp3) is 0.889. The Balaban J connectivity index is 1.84. The average molecular weight is 440 g/mol. The Morgan fingerprint density at radius 1 is 0.767 bits per heavy atom. The lowest BCUT2D eigenvalue weighted by molar-refractivity contribution is -0.436. The van der Waals surface area contributed by atoms with Crippen LogP contribution in [0.5, 0.6) is 0 Å². The summed E-state index contributed by atoms with van der Waals surface area (Å²) in [7, 11) is 0. The first-order chi connectivity index (χ1) is 14.3. The van der Waals surface area contributed by atoms with Crippen LogP contribution in [0.15, 0.2) is 12.2 Å². The molecule has 0 radical (unpaired) electrons. The van der Waals surface area contributed by atoms with Gasteiger partial charge in [0.2, 0.25) is 6.29 Å². The van der Waals surface area contributed by atoms with Crippen molar-refractivity contribution in [2.24, 2.45) is 0 Å². The van der Waals surface area contributed by atoms with Gasteiger partial charge in [-0.3, -0.25) is 0 Å². The third-order valence-electron chi connectivity index (χ3n) is 4.88. The van der Waals surface area contributed by atoms with Crippen LogP contribution in [0.4, 0.5) is 0 Å². The van der Waals surface area contributed by atoms with E-state index in [1.165, 1.54) is 0 Å². The second-order valence-corrected chi connectivity index (χ2v) is 7.13. The Morgan fingerprint density at radius 2 is 1.37 bits per heavy atom. The van der Waals surface area contributed by atoms with E-state index in [9.17, 15) is 30.6 Å². The van der Waals surface area contributed by atoms with Crippen molar-refractivity contribution < 1.29 is 59.7 Å². The fourth-order valence-electron chi connectivity index (χ4n) is 3.05. The van der Waals surface area contributed by atoms with Gasteiger partial charge in [0.1, 0.15) is 55.4 Å². The molecule has 2 heterocycles. The minimum Gasteiger partial charge on any atom is -0.394 e. The molecule has 0 aliphatic carbocycles. The molecule has 0 aromatic heterocycles. The van der Waals surface area contributed by atoms with Crippen molar-refractivity contribution in [1.82, 2.24) is 0 Å². The zero-order chi connectivity index (χ0) is 22.3. The molecule has 2 aliphatic heterocycles. The summed E-state index contributed by atoms with van der Waals surface area (Å²) in [4.78, 5) is 9.80. The Morgan fingerprint density at radius 3 is 2.00 bits per heavy atom. The first kappa shape index (κ1) is 25.5. The molecule has 2 aliphatic rings. The van der Waals surface area contributed by atoms with Crippen molar-refractivity contribution in [3.8, 4) is 0 Å². The first-order valence-corrected chi connectivity index (χ1v) is 9.86. The van der Waals surface area contributed by atoms with Gasteiger partial charge in [-0.05, 0) is 12.8 Å². The van der Waals surface area contributed by atoms with Gasteiger partial charge in [0.05, 0.1) is 13.2 Å². The summed E-state index contributed by atoms with van der Waals surface area (Å²) < 4.78 is 16.0. The summed E-state index contributed by atoms with van der Waals surface area (Å²) >= 11 is 0. The standard InChI is InChI=1S/C18H32O12/c1-2-3-4-5-6-26-17-15(24)14(23)12(21)10(29-17)8-27-30-18-16(25)13(22)11(20)9(7-19)28-18/h3-4,9-25H,2,5-8H2,1H3/b4-3-/t9-,10-,11-,12-,13+,14+,15-,16-,17-,18+/m1/s1. The van der Waals surface area contributed by atoms with E-state index in [1.807, 2.05) is 19.1 Å². The van der Waals surface area contributed by atoms with Gasteiger partial charge in [0.15, 0.2) is 6.29 Å². The third-order valence-corrected chi connectivity index (χ3v) is 4.88. The van der Waals surface area contributed by atoms with Crippen LogP contribution in [-0.4, -0.2) is 117 Å². The molecule has 12 heteroatoms. The van der Waals surface area contributed by atoms with Gasteiger partial charge in [-0.1, -0.05) is 19.1 Å². The normalized spacial score (nSPS) is 42.7. The lowest BCUT2D eigenvalue weighted by Crippen LogP contribution is -2.60. The lowest BCUT2D eigenvalue weighted by atomic mass is 9.99. The Kier molecular flexibility index (Phi) is 10.5. The molecule has 2 saturated heterocycles. The van der Waals surface area contributed by atoms with E-state index < -0.39 is 74.6 Å². The summed E-state index contributed by atoms with van der Waals surface area (Å²) in [5.74, 6) is 0. The van der Waals surface area contributed by atoms with Crippen molar-refractivity contribution in [2.45, 2.75) is 81.2 Å². The monoisotopic (exact) mass is 440 g/mol. The number of rotatable bonds is 10. The molecule has 30 heavy (non-hydrogen) atoms. The van der Waals surface area contributed by atoms with Crippen LogP contribution in [0, 0.1) is 0 Å². The second kappa shape index (κ2) is 12.3. The zero-order valence-corrected chi connectivity index (χ0v) is 16.6. The molecule has 0 saturated carbocycles. The first-order valence-electron chi connectivity index (χ1n) is 9.86. The third kappa shape index (κ3) is 6.38. The molecule has 12 nitrogen and oxygen atoms in total. The number of hydrogen-bond acceptors (Lipinski definition) is 12. The second-order valence-electron chi connectivity index (χ2n) is 7.13. The molecule has 0 amide bonds. The minimum absolute atomic E-state index is 0.218. The Bertz CT molecular complexity index is 517. The van der Waals surface area contributed by atoms with Crippen LogP contribution < -0.4 is 0 Å². The molecule has 0 aromatic rings. The van der Waals surface area contributed by atoms with Crippen LogP contribution in [0.25, 0.3) is 0 Å². The van der Waals surface area contributed by atoms with Crippen molar-refractivity contribution >= 4 is 0 Å². The van der Waals surface area contributed by atoms with Gasteiger partial charge in [0.25, 0.3) is 0 Å². The lowest BCUT2D eigenvalue weighted by Gasteiger charge is -2.41. The van der Waals surface area contributed by atoms with Crippen LogP contribution in [-0.2, 0) is 24.0 Å². The molecule has 10 atom stereocenters. The van der Waals surface area contributed by atoms with Gasteiger partial charge in [-0.15, -0.1) is 0 Å². The van der Waals surface area contributed by atoms with Crippen molar-refractivity contribution in [2.75, 3.05) is 19.8 Å². The smallest absolute Gasteiger partial charge is 0.220 e. The molecule has 0 aromatic carbocycles. The number of hydrogen-bond donors (Lipinski definition) is 7. The van der Waals surface area contributed by atoms with E-state index in [-0.39, 0.29) is 6.61 Å². The van der Waals surface area contributed by atoms with Crippen molar-refractivity contribution in [3.05, 3.63) is 12.2 Å². The molecular formula is C18H32O12. The van der Waals surface area contributed by atoms with E-state index >= 15 is 0 Å². The molecule has 2 fully saturated rings. The maximum absolute atomic E-state index is 10.1.